The Balaban J connectivity index is 0.000000156. The number of hydrogen-bond donors (Lipinski definition) is 0. The van der Waals surface area contributed by atoms with E-state index in [9.17, 15) is 18.4 Å². The lowest BCUT2D eigenvalue weighted by Gasteiger charge is -2.36. The molecular formula is C54H64F2N12O4. The standard InChI is InChI=1S/C27H33FN6O2.C27H31FN6O2/c2*1-32-11-6-19(7-12-32)27(35)33-13-8-18(9-14-33)22-16-29-25(34-17-30-31-26(22)34)5-2-20-21-10-15-36-24(21)4-3-23(20)28/h3-4,16-19H,2,5-15H2,1H3;3-4,8,16-17,19H,2,5-7,9-15H2,1H3. The molecule has 0 radical (unpaired) electrons. The van der Waals surface area contributed by atoms with E-state index in [-0.39, 0.29) is 29.4 Å². The maximum absolute atomic E-state index is 14.6. The minimum atomic E-state index is -0.192. The van der Waals surface area contributed by atoms with E-state index in [4.69, 9.17) is 19.4 Å². The molecule has 0 atom stereocenters. The van der Waals surface area contributed by atoms with Gasteiger partial charge >= 0.3 is 0 Å². The SMILES string of the molecule is CN1CCC(C(=O)N2CC=C(c3cnc(CCc4c(F)ccc5c4CCO5)n4cnnc34)CC2)CC1.CN1CCC(C(=O)N2CCC(c3cnc(CCc4c(F)ccc5c4CCO5)n4cnnc34)CC2)CC1. The van der Waals surface area contributed by atoms with Gasteiger partial charge < -0.3 is 29.1 Å². The largest absolute Gasteiger partial charge is 0.493 e. The van der Waals surface area contributed by atoms with Gasteiger partial charge in [0.05, 0.1) is 13.2 Å². The van der Waals surface area contributed by atoms with Crippen molar-refractivity contribution in [2.75, 3.05) is 79.7 Å². The molecule has 12 rings (SSSR count). The van der Waals surface area contributed by atoms with E-state index in [1.807, 2.05) is 26.1 Å². The third kappa shape index (κ3) is 9.78. The second-order valence-corrected chi connectivity index (χ2v) is 20.5. The number of aryl methyl sites for hydroxylation is 2. The maximum atomic E-state index is 14.6. The zero-order valence-electron chi connectivity index (χ0n) is 41.4. The molecule has 3 fully saturated rings. The van der Waals surface area contributed by atoms with Crippen LogP contribution in [0, 0.1) is 23.5 Å². The topological polar surface area (TPSA) is 152 Å². The third-order valence-electron chi connectivity index (χ3n) is 16.2. The molecule has 6 aromatic rings. The molecule has 3 saturated heterocycles. The van der Waals surface area contributed by atoms with Crippen LogP contribution in [0.4, 0.5) is 8.78 Å². The Hall–Kier alpha value is -6.40. The van der Waals surface area contributed by atoms with Gasteiger partial charge in [-0.15, -0.1) is 20.4 Å². The second kappa shape index (κ2) is 21.0. The molecular weight excluding hydrogens is 919 g/mol. The summed E-state index contributed by atoms with van der Waals surface area (Å²) in [7, 11) is 4.24. The fourth-order valence-corrected chi connectivity index (χ4v) is 11.8. The van der Waals surface area contributed by atoms with Crippen molar-refractivity contribution in [3.05, 3.63) is 112 Å². The lowest BCUT2D eigenvalue weighted by molar-refractivity contribution is -0.138. The van der Waals surface area contributed by atoms with Gasteiger partial charge in [-0.25, -0.2) is 18.7 Å². The Bertz CT molecular complexity index is 2990. The summed E-state index contributed by atoms with van der Waals surface area (Å²) in [6.45, 7) is 8.06. The van der Waals surface area contributed by atoms with Crippen molar-refractivity contribution in [2.45, 2.75) is 89.4 Å². The Morgan fingerprint density at radius 1 is 0.611 bits per heavy atom. The first kappa shape index (κ1) is 47.9. The van der Waals surface area contributed by atoms with Crippen molar-refractivity contribution in [1.82, 2.24) is 58.8 Å². The molecule has 0 saturated carbocycles. The molecule has 10 heterocycles. The van der Waals surface area contributed by atoms with E-state index in [0.717, 1.165) is 165 Å². The van der Waals surface area contributed by atoms with Crippen LogP contribution in [0.1, 0.15) is 95.9 Å². The van der Waals surface area contributed by atoms with Gasteiger partial charge in [0, 0.05) is 98.3 Å². The van der Waals surface area contributed by atoms with Crippen molar-refractivity contribution < 1.29 is 27.8 Å². The summed E-state index contributed by atoms with van der Waals surface area (Å²) in [4.78, 5) is 44.2. The van der Waals surface area contributed by atoms with Gasteiger partial charge in [-0.3, -0.25) is 18.4 Å². The molecule has 0 aliphatic carbocycles. The fourth-order valence-electron chi connectivity index (χ4n) is 11.8. The summed E-state index contributed by atoms with van der Waals surface area (Å²) in [5, 5.41) is 17.1. The van der Waals surface area contributed by atoms with Crippen molar-refractivity contribution in [1.29, 1.82) is 0 Å². The number of fused-ring (bicyclic) bond motifs is 4. The van der Waals surface area contributed by atoms with E-state index >= 15 is 0 Å². The number of ether oxygens (including phenoxy) is 2. The molecule has 0 unspecified atom stereocenters. The number of benzene rings is 2. The third-order valence-corrected chi connectivity index (χ3v) is 16.2. The number of piperidine rings is 3. The van der Waals surface area contributed by atoms with Crippen molar-refractivity contribution in [3.63, 3.8) is 0 Å². The van der Waals surface area contributed by atoms with Crippen LogP contribution in [0.3, 0.4) is 0 Å². The Kier molecular flexibility index (Phi) is 14.0. The molecule has 4 aromatic heterocycles. The zero-order valence-corrected chi connectivity index (χ0v) is 41.4. The molecule has 0 spiro atoms. The number of aromatic nitrogens is 8. The van der Waals surface area contributed by atoms with Crippen LogP contribution in [0.2, 0.25) is 0 Å². The average Bonchev–Trinajstić information content (AvgIpc) is 4.27. The normalized spacial score (nSPS) is 19.2. The number of likely N-dealkylation sites (tertiary alicyclic amines) is 3. The Morgan fingerprint density at radius 3 is 1.69 bits per heavy atom. The quantitative estimate of drug-likeness (QED) is 0.159. The van der Waals surface area contributed by atoms with Gasteiger partial charge in [-0.2, -0.15) is 0 Å². The molecule has 0 bridgehead atoms. The Labute approximate surface area is 418 Å². The van der Waals surface area contributed by atoms with Gasteiger partial charge in [-0.05, 0) is 145 Å². The van der Waals surface area contributed by atoms with E-state index < -0.39 is 0 Å². The molecule has 18 heteroatoms. The molecule has 0 N–H and O–H groups in total. The van der Waals surface area contributed by atoms with Crippen LogP contribution >= 0.6 is 0 Å². The molecule has 6 aliphatic rings. The number of halogens is 2. The van der Waals surface area contributed by atoms with Crippen LogP contribution in [-0.2, 0) is 48.1 Å². The summed E-state index contributed by atoms with van der Waals surface area (Å²) in [5.41, 5.74) is 8.13. The van der Waals surface area contributed by atoms with Crippen molar-refractivity contribution >= 4 is 28.7 Å². The van der Waals surface area contributed by atoms with Gasteiger partial charge in [0.25, 0.3) is 0 Å². The first-order valence-corrected chi connectivity index (χ1v) is 26.0. The van der Waals surface area contributed by atoms with Gasteiger partial charge in [0.1, 0.15) is 47.4 Å². The highest BCUT2D eigenvalue weighted by atomic mass is 19.1. The summed E-state index contributed by atoms with van der Waals surface area (Å²) in [6.07, 6.45) is 19.4. The smallest absolute Gasteiger partial charge is 0.226 e. The second-order valence-electron chi connectivity index (χ2n) is 20.5. The molecule has 378 valence electrons. The Morgan fingerprint density at radius 2 is 1.14 bits per heavy atom. The van der Waals surface area contributed by atoms with Crippen LogP contribution in [-0.4, -0.2) is 150 Å². The van der Waals surface area contributed by atoms with Crippen LogP contribution in [0.5, 0.6) is 11.5 Å². The molecule has 16 nitrogen and oxygen atoms in total. The first-order chi connectivity index (χ1) is 35.2. The van der Waals surface area contributed by atoms with E-state index in [1.54, 1.807) is 24.8 Å². The minimum Gasteiger partial charge on any atom is -0.493 e. The lowest BCUT2D eigenvalue weighted by Crippen LogP contribution is -2.44. The molecule has 2 aromatic carbocycles. The van der Waals surface area contributed by atoms with Crippen LogP contribution in [0.15, 0.2) is 55.4 Å². The highest BCUT2D eigenvalue weighted by Gasteiger charge is 2.33. The predicted molar refractivity (Wildman–Crippen MR) is 266 cm³/mol. The zero-order chi connectivity index (χ0) is 49.3. The summed E-state index contributed by atoms with van der Waals surface area (Å²) in [5.74, 6) is 4.05. The first-order valence-electron chi connectivity index (χ1n) is 26.0. The number of nitrogens with zero attached hydrogens (tertiary/aromatic N) is 12. The summed E-state index contributed by atoms with van der Waals surface area (Å²) >= 11 is 0. The number of carbonyl (C=O) groups excluding carboxylic acids is 2. The summed E-state index contributed by atoms with van der Waals surface area (Å²) in [6, 6.07) is 6.42. The van der Waals surface area contributed by atoms with Gasteiger partial charge in [0.2, 0.25) is 11.8 Å². The highest BCUT2D eigenvalue weighted by Crippen LogP contribution is 2.35. The van der Waals surface area contributed by atoms with E-state index in [0.29, 0.717) is 69.4 Å². The average molecular weight is 983 g/mol. The van der Waals surface area contributed by atoms with Crippen molar-refractivity contribution in [3.8, 4) is 11.5 Å². The monoisotopic (exact) mass is 983 g/mol. The van der Waals surface area contributed by atoms with Crippen molar-refractivity contribution in [2.24, 2.45) is 11.8 Å². The highest BCUT2D eigenvalue weighted by molar-refractivity contribution is 5.82. The van der Waals surface area contributed by atoms with Gasteiger partial charge in [0.15, 0.2) is 11.3 Å². The molecule has 6 aliphatic heterocycles. The number of rotatable bonds is 10. The molecule has 72 heavy (non-hydrogen) atoms. The van der Waals surface area contributed by atoms with E-state index in [2.05, 4.69) is 55.3 Å². The van der Waals surface area contributed by atoms with E-state index in [1.165, 1.54) is 12.1 Å². The van der Waals surface area contributed by atoms with Crippen LogP contribution < -0.4 is 9.47 Å². The van der Waals surface area contributed by atoms with Crippen LogP contribution in [0.25, 0.3) is 16.9 Å². The predicted octanol–water partition coefficient (Wildman–Crippen LogP) is 5.97. The van der Waals surface area contributed by atoms with Gasteiger partial charge in [-0.1, -0.05) is 6.08 Å². The lowest BCUT2D eigenvalue weighted by atomic mass is 9.89. The number of amides is 2. The minimum absolute atomic E-state index is 0.141. The number of hydrogen-bond acceptors (Lipinski definition) is 12. The maximum Gasteiger partial charge on any atom is 0.226 e. The number of carbonyl (C=O) groups is 2. The summed E-state index contributed by atoms with van der Waals surface area (Å²) < 4.78 is 44.3. The molecule has 2 amide bonds. The fraction of sp³-hybridized carbons (Fsp3) is 0.519.